The fourth-order valence-corrected chi connectivity index (χ4v) is 5.47. The van der Waals surface area contributed by atoms with Crippen LogP contribution >= 0.6 is 11.8 Å². The van der Waals surface area contributed by atoms with Crippen LogP contribution in [-0.2, 0) is 10.3 Å². The molecule has 1 amide bonds. The van der Waals surface area contributed by atoms with Crippen LogP contribution < -0.4 is 5.32 Å². The molecule has 1 fully saturated rings. The fraction of sp³-hybridized carbons (Fsp3) is 0.818. The van der Waals surface area contributed by atoms with Crippen LogP contribution in [0.15, 0.2) is 17.6 Å². The summed E-state index contributed by atoms with van der Waals surface area (Å²) < 4.78 is 2.15. The maximum absolute atomic E-state index is 13.3. The minimum atomic E-state index is -0.0349. The summed E-state index contributed by atoms with van der Waals surface area (Å²) in [4.78, 5) is 19.9. The molecule has 0 aromatic carbocycles. The van der Waals surface area contributed by atoms with Crippen LogP contribution in [0.25, 0.3) is 0 Å². The molecule has 2 heterocycles. The molecule has 28 heavy (non-hydrogen) atoms. The quantitative estimate of drug-likeness (QED) is 0.666. The SMILES string of the molecule is CCCCN(C(=O)CSc1nccn1C(C)(C)C)C1CC(C)(C)NC(C)(C)C1. The predicted molar refractivity (Wildman–Crippen MR) is 119 cm³/mol. The molecular weight excluding hydrogens is 368 g/mol. The van der Waals surface area contributed by atoms with E-state index in [2.05, 4.69) is 75.2 Å². The van der Waals surface area contributed by atoms with Gasteiger partial charge in [0.05, 0.1) is 5.75 Å². The average molecular weight is 409 g/mol. The van der Waals surface area contributed by atoms with Crippen LogP contribution in [0, 0.1) is 0 Å². The number of piperidine rings is 1. The van der Waals surface area contributed by atoms with Crippen LogP contribution in [0.2, 0.25) is 0 Å². The highest BCUT2D eigenvalue weighted by atomic mass is 32.2. The first-order valence-corrected chi connectivity index (χ1v) is 11.6. The van der Waals surface area contributed by atoms with Gasteiger partial charge < -0.3 is 14.8 Å². The molecule has 2 rings (SSSR count). The van der Waals surface area contributed by atoms with Crippen molar-refractivity contribution < 1.29 is 4.79 Å². The van der Waals surface area contributed by atoms with Gasteiger partial charge in [-0.05, 0) is 67.7 Å². The molecule has 5 nitrogen and oxygen atoms in total. The number of hydrogen-bond donors (Lipinski definition) is 1. The number of imidazole rings is 1. The number of rotatable bonds is 7. The van der Waals surface area contributed by atoms with E-state index < -0.39 is 0 Å². The van der Waals surface area contributed by atoms with Crippen LogP contribution in [0.5, 0.6) is 0 Å². The Hall–Kier alpha value is -1.01. The Morgan fingerprint density at radius 2 is 1.89 bits per heavy atom. The monoisotopic (exact) mass is 408 g/mol. The highest BCUT2D eigenvalue weighted by Crippen LogP contribution is 2.32. The number of nitrogens with zero attached hydrogens (tertiary/aromatic N) is 3. The number of carbonyl (C=O) groups excluding carboxylic acids is 1. The van der Waals surface area contributed by atoms with Crippen molar-refractivity contribution in [1.82, 2.24) is 19.8 Å². The molecule has 0 saturated carbocycles. The topological polar surface area (TPSA) is 50.2 Å². The first-order valence-electron chi connectivity index (χ1n) is 10.6. The smallest absolute Gasteiger partial charge is 0.233 e. The van der Waals surface area contributed by atoms with Crippen molar-refractivity contribution in [2.75, 3.05) is 12.3 Å². The summed E-state index contributed by atoms with van der Waals surface area (Å²) in [6.45, 7) is 18.5. The summed E-state index contributed by atoms with van der Waals surface area (Å²) in [5, 5.41) is 4.65. The van der Waals surface area contributed by atoms with Gasteiger partial charge in [-0.3, -0.25) is 4.79 Å². The Balaban J connectivity index is 2.12. The van der Waals surface area contributed by atoms with Crippen molar-refractivity contribution in [1.29, 1.82) is 0 Å². The van der Waals surface area contributed by atoms with Crippen LogP contribution in [0.3, 0.4) is 0 Å². The number of thioether (sulfide) groups is 1. The first kappa shape index (κ1) is 23.3. The highest BCUT2D eigenvalue weighted by molar-refractivity contribution is 7.99. The van der Waals surface area contributed by atoms with Gasteiger partial charge >= 0.3 is 0 Å². The van der Waals surface area contributed by atoms with Crippen molar-refractivity contribution in [2.45, 2.75) is 109 Å². The summed E-state index contributed by atoms with van der Waals surface area (Å²) in [6.07, 6.45) is 7.96. The maximum atomic E-state index is 13.3. The molecule has 160 valence electrons. The van der Waals surface area contributed by atoms with E-state index in [1.807, 2.05) is 12.4 Å². The standard InChI is InChI=1S/C22H40N4OS/c1-9-10-12-25(17-14-21(5,6)24-22(7,8)15-17)18(27)16-28-19-23-11-13-26(19)20(2,3)4/h11,13,17,24H,9-10,12,14-16H2,1-8H3. The van der Waals surface area contributed by atoms with E-state index in [4.69, 9.17) is 0 Å². The van der Waals surface area contributed by atoms with Crippen molar-refractivity contribution in [3.05, 3.63) is 12.4 Å². The Morgan fingerprint density at radius 1 is 1.29 bits per heavy atom. The third kappa shape index (κ3) is 6.24. The zero-order valence-corrected chi connectivity index (χ0v) is 19.9. The van der Waals surface area contributed by atoms with Crippen LogP contribution in [0.4, 0.5) is 0 Å². The first-order chi connectivity index (χ1) is 12.8. The van der Waals surface area contributed by atoms with Gasteiger partial charge in [-0.1, -0.05) is 25.1 Å². The van der Waals surface area contributed by atoms with Crippen molar-refractivity contribution >= 4 is 17.7 Å². The average Bonchev–Trinajstić information content (AvgIpc) is 2.99. The molecule has 1 N–H and O–H groups in total. The van der Waals surface area contributed by atoms with E-state index in [1.54, 1.807) is 11.8 Å². The van der Waals surface area contributed by atoms with Gasteiger partial charge in [0.25, 0.3) is 0 Å². The Bertz CT molecular complexity index is 644. The van der Waals surface area contributed by atoms with Gasteiger partial charge in [-0.15, -0.1) is 0 Å². The Morgan fingerprint density at radius 3 is 2.43 bits per heavy atom. The second-order valence-corrected chi connectivity index (χ2v) is 11.4. The number of hydrogen-bond acceptors (Lipinski definition) is 4. The molecule has 0 radical (unpaired) electrons. The summed E-state index contributed by atoms with van der Waals surface area (Å²) >= 11 is 1.56. The summed E-state index contributed by atoms with van der Waals surface area (Å²) in [7, 11) is 0. The minimum absolute atomic E-state index is 0.0345. The lowest BCUT2D eigenvalue weighted by Crippen LogP contribution is -2.63. The molecule has 0 aliphatic carbocycles. The summed E-state index contributed by atoms with van der Waals surface area (Å²) in [5.41, 5.74) is 0.0342. The van der Waals surface area contributed by atoms with Gasteiger partial charge in [0.15, 0.2) is 5.16 Å². The lowest BCUT2D eigenvalue weighted by atomic mass is 9.79. The molecule has 0 atom stereocenters. The molecule has 1 aliphatic heterocycles. The predicted octanol–water partition coefficient (Wildman–Crippen LogP) is 4.67. The zero-order valence-electron chi connectivity index (χ0n) is 19.1. The fourth-order valence-electron chi connectivity index (χ4n) is 4.44. The lowest BCUT2D eigenvalue weighted by molar-refractivity contribution is -0.132. The second kappa shape index (κ2) is 8.78. The molecule has 6 heteroatoms. The van der Waals surface area contributed by atoms with Gasteiger partial charge in [0.2, 0.25) is 5.91 Å². The maximum Gasteiger partial charge on any atom is 0.233 e. The van der Waals surface area contributed by atoms with E-state index in [-0.39, 0.29) is 28.6 Å². The van der Waals surface area contributed by atoms with Crippen LogP contribution in [-0.4, -0.2) is 49.8 Å². The minimum Gasteiger partial charge on any atom is -0.339 e. The second-order valence-electron chi connectivity index (χ2n) is 10.4. The third-order valence-corrected chi connectivity index (χ3v) is 6.29. The lowest BCUT2D eigenvalue weighted by Gasteiger charge is -2.49. The molecule has 1 aromatic rings. The number of nitrogens with one attached hydrogen (secondary N) is 1. The molecule has 1 aromatic heterocycles. The number of carbonyl (C=O) groups is 1. The van der Waals surface area contributed by atoms with Crippen molar-refractivity contribution in [3.63, 3.8) is 0 Å². The molecule has 1 saturated heterocycles. The van der Waals surface area contributed by atoms with E-state index >= 15 is 0 Å². The van der Waals surface area contributed by atoms with E-state index in [9.17, 15) is 4.79 Å². The molecular formula is C22H40N4OS. The zero-order chi connectivity index (χ0) is 21.2. The molecule has 0 spiro atoms. The van der Waals surface area contributed by atoms with Gasteiger partial charge in [-0.25, -0.2) is 4.98 Å². The van der Waals surface area contributed by atoms with E-state index in [1.165, 1.54) is 0 Å². The normalized spacial score (nSPS) is 19.6. The number of amides is 1. The van der Waals surface area contributed by atoms with Gasteiger partial charge in [0.1, 0.15) is 0 Å². The molecule has 1 aliphatic rings. The number of unbranched alkanes of at least 4 members (excludes halogenated alkanes) is 1. The van der Waals surface area contributed by atoms with E-state index in [0.29, 0.717) is 5.75 Å². The van der Waals surface area contributed by atoms with Crippen molar-refractivity contribution in [3.8, 4) is 0 Å². The van der Waals surface area contributed by atoms with E-state index in [0.717, 1.165) is 37.4 Å². The highest BCUT2D eigenvalue weighted by Gasteiger charge is 2.41. The van der Waals surface area contributed by atoms with Crippen LogP contribution in [0.1, 0.15) is 81.1 Å². The third-order valence-electron chi connectivity index (χ3n) is 5.34. The summed E-state index contributed by atoms with van der Waals surface area (Å²) in [5.74, 6) is 0.683. The molecule has 0 bridgehead atoms. The molecule has 0 unspecified atom stereocenters. The summed E-state index contributed by atoms with van der Waals surface area (Å²) in [6, 6.07) is 0.285. The Labute approximate surface area is 176 Å². The van der Waals surface area contributed by atoms with Crippen molar-refractivity contribution in [2.24, 2.45) is 0 Å². The number of aromatic nitrogens is 2. The Kier molecular flexibility index (Phi) is 7.30. The largest absolute Gasteiger partial charge is 0.339 e. The van der Waals surface area contributed by atoms with Gasteiger partial charge in [0, 0.05) is 41.6 Å². The van der Waals surface area contributed by atoms with Gasteiger partial charge in [-0.2, -0.15) is 0 Å².